The highest BCUT2D eigenvalue weighted by Gasteiger charge is 2.26. The van der Waals surface area contributed by atoms with Gasteiger partial charge in [-0.3, -0.25) is 9.59 Å². The van der Waals surface area contributed by atoms with E-state index in [-0.39, 0.29) is 31.1 Å². The molecule has 0 saturated carbocycles. The second-order valence-electron chi connectivity index (χ2n) is 9.15. The maximum atomic E-state index is 13.3. The highest BCUT2D eigenvalue weighted by atomic mass is 16.5. The normalized spacial score (nSPS) is 12.0. The molecule has 0 saturated heterocycles. The molecule has 0 spiro atoms. The molecule has 3 rings (SSSR count). The summed E-state index contributed by atoms with van der Waals surface area (Å²) in [7, 11) is 0. The van der Waals surface area contributed by atoms with E-state index in [1.165, 1.54) is 0 Å². The summed E-state index contributed by atoms with van der Waals surface area (Å²) >= 11 is 0. The van der Waals surface area contributed by atoms with Gasteiger partial charge in [0.2, 0.25) is 5.91 Å². The van der Waals surface area contributed by atoms with Crippen molar-refractivity contribution in [3.63, 3.8) is 0 Å². The molecule has 3 aromatic carbocycles. The maximum absolute atomic E-state index is 13.3. The first kappa shape index (κ1) is 27.4. The third kappa shape index (κ3) is 9.76. The van der Waals surface area contributed by atoms with Crippen molar-refractivity contribution in [3.05, 3.63) is 113 Å². The van der Waals surface area contributed by atoms with Crippen LogP contribution < -0.4 is 5.32 Å². The first-order chi connectivity index (χ1) is 17.9. The molecule has 0 aliphatic rings. The van der Waals surface area contributed by atoms with Crippen molar-refractivity contribution in [3.8, 4) is 0 Å². The van der Waals surface area contributed by atoms with E-state index < -0.39 is 23.9 Å². The first-order valence-electron chi connectivity index (χ1n) is 12.4. The number of nitrogens with one attached hydrogen (secondary N) is 1. The molecule has 1 atom stereocenters. The van der Waals surface area contributed by atoms with Crippen LogP contribution in [0.15, 0.2) is 96.6 Å². The lowest BCUT2D eigenvalue weighted by molar-refractivity contribution is -0.149. The van der Waals surface area contributed by atoms with Crippen LogP contribution in [-0.4, -0.2) is 23.9 Å². The van der Waals surface area contributed by atoms with Gasteiger partial charge in [0.1, 0.15) is 19.3 Å². The minimum Gasteiger partial charge on any atom is -0.461 e. The molecule has 6 nitrogen and oxygen atoms in total. The molecule has 0 aromatic heterocycles. The number of hydrogen-bond acceptors (Lipinski definition) is 5. The van der Waals surface area contributed by atoms with Gasteiger partial charge in [-0.25, -0.2) is 4.79 Å². The Morgan fingerprint density at radius 2 is 1.27 bits per heavy atom. The Bertz CT molecular complexity index is 1170. The fraction of sp³-hybridized carbons (Fsp3) is 0.258. The quantitative estimate of drug-likeness (QED) is 0.264. The van der Waals surface area contributed by atoms with E-state index in [0.717, 1.165) is 16.7 Å². The minimum atomic E-state index is -0.851. The zero-order valence-corrected chi connectivity index (χ0v) is 21.3. The van der Waals surface area contributed by atoms with E-state index in [2.05, 4.69) is 5.32 Å². The van der Waals surface area contributed by atoms with Gasteiger partial charge in [0.15, 0.2) is 0 Å². The Kier molecular flexibility index (Phi) is 10.7. The molecule has 1 amide bonds. The molecule has 0 unspecified atom stereocenters. The summed E-state index contributed by atoms with van der Waals surface area (Å²) in [4.78, 5) is 38.9. The van der Waals surface area contributed by atoms with Crippen molar-refractivity contribution in [1.29, 1.82) is 0 Å². The average molecular weight is 500 g/mol. The summed E-state index contributed by atoms with van der Waals surface area (Å²) in [5.41, 5.74) is 2.67. The fourth-order valence-electron chi connectivity index (χ4n) is 3.66. The average Bonchev–Trinajstić information content (AvgIpc) is 2.91. The monoisotopic (exact) mass is 499 g/mol. The third-order valence-electron chi connectivity index (χ3n) is 5.53. The van der Waals surface area contributed by atoms with Gasteiger partial charge in [-0.05, 0) is 35.1 Å². The zero-order chi connectivity index (χ0) is 26.5. The van der Waals surface area contributed by atoms with Gasteiger partial charge in [-0.1, -0.05) is 105 Å². The number of hydrogen-bond donors (Lipinski definition) is 1. The summed E-state index contributed by atoms with van der Waals surface area (Å²) in [6, 6.07) is 27.1. The molecule has 37 heavy (non-hydrogen) atoms. The van der Waals surface area contributed by atoms with Crippen LogP contribution in [0.1, 0.15) is 43.4 Å². The highest BCUT2D eigenvalue weighted by molar-refractivity contribution is 6.03. The lowest BCUT2D eigenvalue weighted by atomic mass is 10.0. The van der Waals surface area contributed by atoms with Crippen LogP contribution in [0, 0.1) is 5.92 Å². The van der Waals surface area contributed by atoms with Crippen LogP contribution in [0.3, 0.4) is 0 Å². The van der Waals surface area contributed by atoms with Gasteiger partial charge >= 0.3 is 11.9 Å². The van der Waals surface area contributed by atoms with Crippen LogP contribution in [-0.2, 0) is 37.1 Å². The molecule has 6 heteroatoms. The number of esters is 2. The summed E-state index contributed by atoms with van der Waals surface area (Å²) < 4.78 is 10.9. The molecule has 0 fully saturated rings. The highest BCUT2D eigenvalue weighted by Crippen LogP contribution is 2.15. The van der Waals surface area contributed by atoms with Crippen molar-refractivity contribution in [2.45, 2.75) is 45.9 Å². The standard InChI is InChI=1S/C31H33NO5/c1-23(2)18-28(31(35)37-22-26-16-10-5-11-17-26)32-30(34)27(19-24-12-6-3-7-13-24)20-29(33)36-21-25-14-8-4-9-15-25/h3-17,19,23,28H,18,20-22H2,1-2H3,(H,32,34)/b27-19-/t28-/m0/s1. The smallest absolute Gasteiger partial charge is 0.328 e. The van der Waals surface area contributed by atoms with Gasteiger partial charge < -0.3 is 14.8 Å². The molecule has 0 aliphatic heterocycles. The van der Waals surface area contributed by atoms with E-state index in [0.29, 0.717) is 6.42 Å². The van der Waals surface area contributed by atoms with E-state index in [4.69, 9.17) is 9.47 Å². The molecule has 0 bridgehead atoms. The van der Waals surface area contributed by atoms with Crippen LogP contribution >= 0.6 is 0 Å². The van der Waals surface area contributed by atoms with Gasteiger partial charge in [-0.2, -0.15) is 0 Å². The molecule has 3 aromatic rings. The summed E-state index contributed by atoms with van der Waals surface area (Å²) in [5.74, 6) is -1.43. The largest absolute Gasteiger partial charge is 0.461 e. The van der Waals surface area contributed by atoms with Crippen LogP contribution in [0.4, 0.5) is 0 Å². The van der Waals surface area contributed by atoms with Crippen molar-refractivity contribution < 1.29 is 23.9 Å². The number of benzene rings is 3. The van der Waals surface area contributed by atoms with E-state index in [9.17, 15) is 14.4 Å². The maximum Gasteiger partial charge on any atom is 0.328 e. The predicted molar refractivity (Wildman–Crippen MR) is 143 cm³/mol. The van der Waals surface area contributed by atoms with Crippen LogP contribution in [0.25, 0.3) is 6.08 Å². The lowest BCUT2D eigenvalue weighted by Gasteiger charge is -2.20. The van der Waals surface area contributed by atoms with E-state index >= 15 is 0 Å². The number of carbonyl (C=O) groups excluding carboxylic acids is 3. The van der Waals surface area contributed by atoms with Crippen LogP contribution in [0.2, 0.25) is 0 Å². The molecule has 0 radical (unpaired) electrons. The first-order valence-corrected chi connectivity index (χ1v) is 12.4. The second kappa shape index (κ2) is 14.4. The number of amides is 1. The van der Waals surface area contributed by atoms with Crippen molar-refractivity contribution in [2.75, 3.05) is 0 Å². The molecule has 192 valence electrons. The Labute approximate surface area is 218 Å². The van der Waals surface area contributed by atoms with E-state index in [1.54, 1.807) is 6.08 Å². The lowest BCUT2D eigenvalue weighted by Crippen LogP contribution is -2.43. The molecular weight excluding hydrogens is 466 g/mol. The third-order valence-corrected chi connectivity index (χ3v) is 5.53. The van der Waals surface area contributed by atoms with Crippen molar-refractivity contribution in [2.24, 2.45) is 5.92 Å². The van der Waals surface area contributed by atoms with Crippen molar-refractivity contribution >= 4 is 23.9 Å². The Morgan fingerprint density at radius 3 is 1.81 bits per heavy atom. The van der Waals surface area contributed by atoms with Crippen molar-refractivity contribution in [1.82, 2.24) is 5.32 Å². The summed E-state index contributed by atoms with van der Waals surface area (Å²) in [6.45, 7) is 4.15. The van der Waals surface area contributed by atoms with E-state index in [1.807, 2.05) is 105 Å². The zero-order valence-electron chi connectivity index (χ0n) is 21.3. The topological polar surface area (TPSA) is 81.7 Å². The second-order valence-corrected chi connectivity index (χ2v) is 9.15. The SMILES string of the molecule is CC(C)C[C@H](NC(=O)/C(=C\c1ccccc1)CC(=O)OCc1ccccc1)C(=O)OCc1ccccc1. The van der Waals surface area contributed by atoms with Gasteiger partial charge in [0, 0.05) is 5.57 Å². The number of rotatable bonds is 12. The fourth-order valence-corrected chi connectivity index (χ4v) is 3.66. The van der Waals surface area contributed by atoms with Gasteiger partial charge in [0.05, 0.1) is 6.42 Å². The molecule has 0 heterocycles. The minimum absolute atomic E-state index is 0.113. The Balaban J connectivity index is 1.71. The summed E-state index contributed by atoms with van der Waals surface area (Å²) in [5, 5.41) is 2.79. The predicted octanol–water partition coefficient (Wildman–Crippen LogP) is 5.48. The Morgan fingerprint density at radius 1 is 0.757 bits per heavy atom. The summed E-state index contributed by atoms with van der Waals surface area (Å²) in [6.07, 6.45) is 1.80. The van der Waals surface area contributed by atoms with Gasteiger partial charge in [0.25, 0.3) is 0 Å². The number of ether oxygens (including phenoxy) is 2. The van der Waals surface area contributed by atoms with Gasteiger partial charge in [-0.15, -0.1) is 0 Å². The molecule has 1 N–H and O–H groups in total. The number of carbonyl (C=O) groups is 3. The molecule has 0 aliphatic carbocycles. The molecular formula is C31H33NO5. The Hall–Kier alpha value is -4.19. The van der Waals surface area contributed by atoms with Crippen LogP contribution in [0.5, 0.6) is 0 Å².